The van der Waals surface area contributed by atoms with Crippen LogP contribution in [-0.2, 0) is 0 Å². The van der Waals surface area contributed by atoms with Crippen LogP contribution in [0.5, 0.6) is 0 Å². The van der Waals surface area contributed by atoms with Crippen LogP contribution in [0.3, 0.4) is 0 Å². The number of fused-ring (bicyclic) bond motifs is 1. The third kappa shape index (κ3) is 5.61. The standard InChI is InChI=1S/C19H27ClN4OS.2ClH/c20-14-12-15-16(13-17(14)24-9-7-21-8-10-24)23-18(22-15)26-11-6-19(25)4-2-1-3-5-19;;/h12-13,21,25H,1-11H2,(H,22,23);2*1H. The van der Waals surface area contributed by atoms with Crippen LogP contribution in [0.25, 0.3) is 11.0 Å². The van der Waals surface area contributed by atoms with Crippen molar-refractivity contribution < 1.29 is 5.11 Å². The van der Waals surface area contributed by atoms with E-state index in [9.17, 15) is 5.11 Å². The molecule has 4 rings (SSSR count). The van der Waals surface area contributed by atoms with Gasteiger partial charge in [0.2, 0.25) is 0 Å². The Balaban J connectivity index is 0.00000140. The minimum absolute atomic E-state index is 0. The normalized spacial score (nSPS) is 19.1. The average molecular weight is 468 g/mol. The molecule has 3 N–H and O–H groups in total. The van der Waals surface area contributed by atoms with Crippen LogP contribution in [0.1, 0.15) is 38.5 Å². The first-order valence-corrected chi connectivity index (χ1v) is 11.0. The second kappa shape index (κ2) is 10.6. The predicted molar refractivity (Wildman–Crippen MR) is 124 cm³/mol. The van der Waals surface area contributed by atoms with E-state index in [1.807, 2.05) is 6.07 Å². The van der Waals surface area contributed by atoms with Gasteiger partial charge in [-0.2, -0.15) is 0 Å². The first kappa shape index (κ1) is 23.9. The lowest BCUT2D eigenvalue weighted by Crippen LogP contribution is -2.43. The van der Waals surface area contributed by atoms with E-state index >= 15 is 0 Å². The number of H-pyrrole nitrogens is 1. The van der Waals surface area contributed by atoms with Gasteiger partial charge in [-0.1, -0.05) is 42.6 Å². The monoisotopic (exact) mass is 466 g/mol. The van der Waals surface area contributed by atoms with Crippen molar-refractivity contribution in [2.45, 2.75) is 49.3 Å². The van der Waals surface area contributed by atoms with Gasteiger partial charge < -0.3 is 20.3 Å². The molecule has 5 nitrogen and oxygen atoms in total. The fourth-order valence-corrected chi connectivity index (χ4v) is 5.31. The quantitative estimate of drug-likeness (QED) is 0.559. The van der Waals surface area contributed by atoms with E-state index in [1.54, 1.807) is 11.8 Å². The van der Waals surface area contributed by atoms with Crippen molar-refractivity contribution in [1.82, 2.24) is 15.3 Å². The maximum atomic E-state index is 10.6. The highest BCUT2D eigenvalue weighted by Crippen LogP contribution is 2.34. The molecular weight excluding hydrogens is 439 g/mol. The summed E-state index contributed by atoms with van der Waals surface area (Å²) in [5, 5.41) is 15.7. The van der Waals surface area contributed by atoms with Crippen LogP contribution in [0, 0.1) is 0 Å². The summed E-state index contributed by atoms with van der Waals surface area (Å²) < 4.78 is 0. The summed E-state index contributed by atoms with van der Waals surface area (Å²) in [5.74, 6) is 0.884. The zero-order valence-electron chi connectivity index (χ0n) is 15.9. The molecule has 0 amide bonds. The van der Waals surface area contributed by atoms with Crippen LogP contribution in [0.2, 0.25) is 5.02 Å². The molecular formula is C19H29Cl3N4OS. The van der Waals surface area contributed by atoms with Gasteiger partial charge in [0.25, 0.3) is 0 Å². The molecule has 1 saturated carbocycles. The van der Waals surface area contributed by atoms with Crippen LogP contribution in [-0.4, -0.2) is 52.6 Å². The van der Waals surface area contributed by atoms with Gasteiger partial charge in [0.05, 0.1) is 27.3 Å². The number of aromatic nitrogens is 2. The maximum Gasteiger partial charge on any atom is 0.166 e. The lowest BCUT2D eigenvalue weighted by molar-refractivity contribution is 0.00175. The molecule has 0 unspecified atom stereocenters. The van der Waals surface area contributed by atoms with E-state index in [4.69, 9.17) is 16.6 Å². The van der Waals surface area contributed by atoms with E-state index in [-0.39, 0.29) is 24.8 Å². The lowest BCUT2D eigenvalue weighted by atomic mass is 9.83. The van der Waals surface area contributed by atoms with E-state index < -0.39 is 5.60 Å². The van der Waals surface area contributed by atoms with Gasteiger partial charge in [0, 0.05) is 31.9 Å². The number of imidazole rings is 1. The fourth-order valence-electron chi connectivity index (χ4n) is 4.01. The number of benzene rings is 1. The van der Waals surface area contributed by atoms with Crippen LogP contribution < -0.4 is 10.2 Å². The lowest BCUT2D eigenvalue weighted by Gasteiger charge is -2.31. The van der Waals surface area contributed by atoms with Gasteiger partial charge in [-0.25, -0.2) is 4.98 Å². The molecule has 9 heteroatoms. The summed E-state index contributed by atoms with van der Waals surface area (Å²) in [6.07, 6.45) is 6.28. The van der Waals surface area contributed by atoms with E-state index in [1.165, 1.54) is 6.42 Å². The van der Waals surface area contributed by atoms with E-state index in [0.717, 1.165) is 90.9 Å². The van der Waals surface area contributed by atoms with Gasteiger partial charge in [0.15, 0.2) is 5.16 Å². The Morgan fingerprint density at radius 1 is 1.14 bits per heavy atom. The number of aromatic amines is 1. The minimum Gasteiger partial charge on any atom is -0.390 e. The zero-order valence-corrected chi connectivity index (χ0v) is 19.1. The summed E-state index contributed by atoms with van der Waals surface area (Å²) in [5.41, 5.74) is 2.55. The fraction of sp³-hybridized carbons (Fsp3) is 0.632. The van der Waals surface area contributed by atoms with Gasteiger partial charge >= 0.3 is 0 Å². The zero-order chi connectivity index (χ0) is 18.0. The van der Waals surface area contributed by atoms with Crippen LogP contribution >= 0.6 is 48.2 Å². The summed E-state index contributed by atoms with van der Waals surface area (Å²) in [7, 11) is 0. The van der Waals surface area contributed by atoms with Crippen molar-refractivity contribution in [3.8, 4) is 0 Å². The molecule has 0 bridgehead atoms. The van der Waals surface area contributed by atoms with Crippen molar-refractivity contribution in [3.05, 3.63) is 17.2 Å². The number of nitrogens with zero attached hydrogens (tertiary/aromatic N) is 2. The summed E-state index contributed by atoms with van der Waals surface area (Å²) in [6, 6.07) is 4.08. The van der Waals surface area contributed by atoms with Gasteiger partial charge in [-0.05, 0) is 31.4 Å². The number of nitrogens with one attached hydrogen (secondary N) is 2. The SMILES string of the molecule is Cl.Cl.OC1(CCSc2nc3cc(N4CCNCC4)c(Cl)cc3[nH]2)CCCCC1. The third-order valence-corrected chi connectivity index (χ3v) is 6.75. The second-order valence-electron chi connectivity index (χ2n) is 7.48. The van der Waals surface area contributed by atoms with Crippen molar-refractivity contribution in [2.24, 2.45) is 0 Å². The Hall–Kier alpha value is -0.370. The highest BCUT2D eigenvalue weighted by molar-refractivity contribution is 7.99. The Bertz CT molecular complexity index is 761. The first-order valence-electron chi connectivity index (χ1n) is 9.63. The number of hydrogen-bond acceptors (Lipinski definition) is 5. The summed E-state index contributed by atoms with van der Waals surface area (Å²) >= 11 is 8.21. The van der Waals surface area contributed by atoms with Crippen molar-refractivity contribution in [2.75, 3.05) is 36.8 Å². The summed E-state index contributed by atoms with van der Waals surface area (Å²) in [4.78, 5) is 10.4. The predicted octanol–water partition coefficient (Wildman–Crippen LogP) is 4.65. The number of halogens is 3. The molecule has 1 saturated heterocycles. The van der Waals surface area contributed by atoms with E-state index in [2.05, 4.69) is 21.3 Å². The Kier molecular flexibility index (Phi) is 9.05. The molecule has 0 spiro atoms. The van der Waals surface area contributed by atoms with Gasteiger partial charge in [-0.15, -0.1) is 24.8 Å². The van der Waals surface area contributed by atoms with Crippen molar-refractivity contribution in [1.29, 1.82) is 0 Å². The maximum absolute atomic E-state index is 10.6. The molecule has 28 heavy (non-hydrogen) atoms. The second-order valence-corrected chi connectivity index (χ2v) is 8.97. The van der Waals surface area contributed by atoms with Crippen molar-refractivity contribution in [3.63, 3.8) is 0 Å². The molecule has 1 aromatic heterocycles. The molecule has 0 atom stereocenters. The van der Waals surface area contributed by atoms with Gasteiger partial charge in [-0.3, -0.25) is 0 Å². The number of rotatable bonds is 5. The molecule has 0 radical (unpaired) electrons. The molecule has 1 aliphatic heterocycles. The third-order valence-electron chi connectivity index (χ3n) is 5.58. The van der Waals surface area contributed by atoms with Crippen LogP contribution in [0.15, 0.2) is 17.3 Å². The molecule has 2 aliphatic rings. The van der Waals surface area contributed by atoms with Crippen molar-refractivity contribution >= 4 is 64.9 Å². The largest absolute Gasteiger partial charge is 0.390 e. The highest BCUT2D eigenvalue weighted by atomic mass is 35.5. The topological polar surface area (TPSA) is 64.2 Å². The molecule has 2 fully saturated rings. The first-order chi connectivity index (χ1) is 12.6. The number of piperazine rings is 1. The highest BCUT2D eigenvalue weighted by Gasteiger charge is 2.28. The minimum atomic E-state index is -0.462. The average Bonchev–Trinajstić information content (AvgIpc) is 3.03. The molecule has 2 aromatic rings. The Labute approximate surface area is 188 Å². The Morgan fingerprint density at radius 3 is 2.57 bits per heavy atom. The molecule has 158 valence electrons. The molecule has 1 aliphatic carbocycles. The number of hydrogen-bond donors (Lipinski definition) is 3. The molecule has 1 aromatic carbocycles. The smallest absolute Gasteiger partial charge is 0.166 e. The number of thioether (sulfide) groups is 1. The van der Waals surface area contributed by atoms with Crippen LogP contribution in [0.4, 0.5) is 5.69 Å². The summed E-state index contributed by atoms with van der Waals surface area (Å²) in [6.45, 7) is 3.91. The van der Waals surface area contributed by atoms with E-state index in [0.29, 0.717) is 0 Å². The molecule has 2 heterocycles. The van der Waals surface area contributed by atoms with Gasteiger partial charge in [0.1, 0.15) is 0 Å². The number of aliphatic hydroxyl groups is 1. The number of anilines is 1. The Morgan fingerprint density at radius 2 is 1.86 bits per heavy atom.